The normalized spacial score (nSPS) is 15.2. The van der Waals surface area contributed by atoms with E-state index >= 15 is 0 Å². The van der Waals surface area contributed by atoms with E-state index in [0.29, 0.717) is 17.7 Å². The summed E-state index contributed by atoms with van der Waals surface area (Å²) in [5.41, 5.74) is 5.12. The smallest absolute Gasteiger partial charge is 0.255 e. The molecule has 5 rings (SSSR count). The monoisotopic (exact) mass is 435 g/mol. The molecule has 0 fully saturated rings. The molecule has 1 aliphatic heterocycles. The highest BCUT2D eigenvalue weighted by atomic mass is 19.1. The van der Waals surface area contributed by atoms with Gasteiger partial charge in [0.25, 0.3) is 5.91 Å². The first kappa shape index (κ1) is 20.6. The molecule has 0 bridgehead atoms. The van der Waals surface area contributed by atoms with Gasteiger partial charge in [0, 0.05) is 17.7 Å². The quantitative estimate of drug-likeness (QED) is 0.392. The maximum atomic E-state index is 13.5. The summed E-state index contributed by atoms with van der Waals surface area (Å²) in [5.74, 6) is -0.415. The summed E-state index contributed by atoms with van der Waals surface area (Å²) in [5, 5.41) is 9.88. The zero-order chi connectivity index (χ0) is 22.6. The number of hydrazone groups is 1. The number of amides is 1. The van der Waals surface area contributed by atoms with Crippen LogP contribution in [0.4, 0.5) is 15.8 Å². The Balaban J connectivity index is 1.44. The Morgan fingerprint density at radius 1 is 0.848 bits per heavy atom. The highest BCUT2D eigenvalue weighted by Gasteiger charge is 2.30. The molecule has 33 heavy (non-hydrogen) atoms. The van der Waals surface area contributed by atoms with Crippen molar-refractivity contribution in [3.05, 3.63) is 132 Å². The van der Waals surface area contributed by atoms with Crippen LogP contribution in [0.1, 0.15) is 33.9 Å². The number of nitrogens with zero attached hydrogens (tertiary/aromatic N) is 2. The maximum absolute atomic E-state index is 13.5. The van der Waals surface area contributed by atoms with Gasteiger partial charge in [-0.1, -0.05) is 60.7 Å². The van der Waals surface area contributed by atoms with Gasteiger partial charge in [0.1, 0.15) is 5.82 Å². The van der Waals surface area contributed by atoms with E-state index < -0.39 is 0 Å². The number of carbonyl (C=O) groups excluding carboxylic acids is 1. The fourth-order valence-electron chi connectivity index (χ4n) is 4.02. The van der Waals surface area contributed by atoms with Gasteiger partial charge in [-0.2, -0.15) is 5.10 Å². The Morgan fingerprint density at radius 3 is 2.27 bits per heavy atom. The highest BCUT2D eigenvalue weighted by Crippen LogP contribution is 2.36. The van der Waals surface area contributed by atoms with Crippen LogP contribution < -0.4 is 10.3 Å². The third kappa shape index (κ3) is 4.53. The van der Waals surface area contributed by atoms with E-state index in [9.17, 15) is 9.18 Å². The van der Waals surface area contributed by atoms with Crippen molar-refractivity contribution in [2.75, 3.05) is 10.3 Å². The number of carbonyl (C=O) groups is 1. The summed E-state index contributed by atoms with van der Waals surface area (Å²) in [6, 6.07) is 33.3. The molecule has 4 aromatic rings. The lowest BCUT2D eigenvalue weighted by atomic mass is 9.98. The predicted molar refractivity (Wildman–Crippen MR) is 130 cm³/mol. The van der Waals surface area contributed by atoms with Gasteiger partial charge in [-0.3, -0.25) is 9.80 Å². The zero-order valence-electron chi connectivity index (χ0n) is 17.9. The predicted octanol–water partition coefficient (Wildman–Crippen LogP) is 6.43. The fraction of sp³-hybridized carbons (Fsp3) is 0.0714. The minimum Gasteiger partial charge on any atom is -0.322 e. The molecule has 162 valence electrons. The van der Waals surface area contributed by atoms with Crippen molar-refractivity contribution in [2.45, 2.75) is 12.5 Å². The van der Waals surface area contributed by atoms with E-state index in [-0.39, 0.29) is 17.8 Å². The van der Waals surface area contributed by atoms with Gasteiger partial charge in [-0.05, 0) is 59.7 Å². The van der Waals surface area contributed by atoms with E-state index in [0.717, 1.165) is 22.5 Å². The maximum Gasteiger partial charge on any atom is 0.255 e. The summed E-state index contributed by atoms with van der Waals surface area (Å²) >= 11 is 0. The van der Waals surface area contributed by atoms with E-state index in [1.165, 1.54) is 12.1 Å². The lowest BCUT2D eigenvalue weighted by molar-refractivity contribution is 0.102. The van der Waals surface area contributed by atoms with Gasteiger partial charge in [0.05, 0.1) is 17.4 Å². The molecule has 4 aromatic carbocycles. The van der Waals surface area contributed by atoms with Crippen molar-refractivity contribution in [3.63, 3.8) is 0 Å². The van der Waals surface area contributed by atoms with E-state index in [2.05, 4.69) is 5.32 Å². The molecule has 4 nitrogen and oxygen atoms in total. The summed E-state index contributed by atoms with van der Waals surface area (Å²) in [6.45, 7) is 0. The third-order valence-corrected chi connectivity index (χ3v) is 5.68. The first-order chi connectivity index (χ1) is 16.2. The molecule has 0 aromatic heterocycles. The molecule has 1 atom stereocenters. The van der Waals surface area contributed by atoms with Crippen LogP contribution in [0.5, 0.6) is 0 Å². The Hall–Kier alpha value is -4.25. The standard InChI is InChI=1S/C28H22FN3O/c29-23-16-14-20(15-17-23)27-19-26(31-32(27)25-12-5-2-6-13-25)22-10-7-11-24(18-22)30-28(33)21-8-3-1-4-9-21/h1-18,27H,19H2,(H,30,33). The molecular weight excluding hydrogens is 413 g/mol. The van der Waals surface area contributed by atoms with Crippen molar-refractivity contribution in [1.82, 2.24) is 0 Å². The van der Waals surface area contributed by atoms with Crippen molar-refractivity contribution in [2.24, 2.45) is 5.10 Å². The fourth-order valence-corrected chi connectivity index (χ4v) is 4.02. The van der Waals surface area contributed by atoms with E-state index in [4.69, 9.17) is 5.10 Å². The Kier molecular flexibility index (Phi) is 5.68. The molecule has 0 aliphatic carbocycles. The Morgan fingerprint density at radius 2 is 1.55 bits per heavy atom. The number of anilines is 2. The molecule has 0 spiro atoms. The minimum atomic E-state index is -0.258. The van der Waals surface area contributed by atoms with Crippen molar-refractivity contribution in [3.8, 4) is 0 Å². The molecule has 1 aliphatic rings. The first-order valence-corrected chi connectivity index (χ1v) is 10.8. The van der Waals surface area contributed by atoms with Crippen LogP contribution >= 0.6 is 0 Å². The number of hydrogen-bond acceptors (Lipinski definition) is 3. The molecule has 5 heteroatoms. The van der Waals surface area contributed by atoms with Crippen LogP contribution in [0.15, 0.2) is 114 Å². The molecular formula is C28H22FN3O. The molecule has 1 heterocycles. The lowest BCUT2D eigenvalue weighted by Crippen LogP contribution is -2.18. The van der Waals surface area contributed by atoms with Crippen LogP contribution in [-0.2, 0) is 0 Å². The van der Waals surface area contributed by atoms with Gasteiger partial charge < -0.3 is 5.32 Å². The average Bonchev–Trinajstić information content (AvgIpc) is 3.31. The highest BCUT2D eigenvalue weighted by molar-refractivity contribution is 6.07. The summed E-state index contributed by atoms with van der Waals surface area (Å²) in [7, 11) is 0. The number of nitrogens with one attached hydrogen (secondary N) is 1. The summed E-state index contributed by atoms with van der Waals surface area (Å²) in [6.07, 6.45) is 0.663. The molecule has 0 radical (unpaired) electrons. The number of para-hydroxylation sites is 1. The molecule has 1 unspecified atom stereocenters. The summed E-state index contributed by atoms with van der Waals surface area (Å²) in [4.78, 5) is 12.6. The molecule has 1 N–H and O–H groups in total. The van der Waals surface area contributed by atoms with Gasteiger partial charge in [-0.25, -0.2) is 4.39 Å². The topological polar surface area (TPSA) is 44.7 Å². The van der Waals surface area contributed by atoms with Crippen LogP contribution in [0.3, 0.4) is 0 Å². The van der Waals surface area contributed by atoms with Gasteiger partial charge in [-0.15, -0.1) is 0 Å². The molecule has 0 saturated carbocycles. The SMILES string of the molecule is O=C(Nc1cccc(C2=NN(c3ccccc3)C(c3ccc(F)cc3)C2)c1)c1ccccc1. The van der Waals surface area contributed by atoms with E-state index in [1.807, 2.05) is 89.9 Å². The lowest BCUT2D eigenvalue weighted by Gasteiger charge is -2.23. The van der Waals surface area contributed by atoms with Crippen LogP contribution in [-0.4, -0.2) is 11.6 Å². The number of benzene rings is 4. The summed E-state index contributed by atoms with van der Waals surface area (Å²) < 4.78 is 13.5. The van der Waals surface area contributed by atoms with Crippen LogP contribution in [0, 0.1) is 5.82 Å². The van der Waals surface area contributed by atoms with Gasteiger partial charge in [0.15, 0.2) is 0 Å². The zero-order valence-corrected chi connectivity index (χ0v) is 17.9. The van der Waals surface area contributed by atoms with Crippen molar-refractivity contribution >= 4 is 23.0 Å². The molecule has 1 amide bonds. The number of halogens is 1. The Bertz CT molecular complexity index is 1290. The second kappa shape index (κ2) is 9.09. The van der Waals surface area contributed by atoms with Gasteiger partial charge >= 0.3 is 0 Å². The second-order valence-electron chi connectivity index (χ2n) is 7.90. The second-order valence-corrected chi connectivity index (χ2v) is 7.90. The Labute approximate surface area is 192 Å². The van der Waals surface area contributed by atoms with Crippen LogP contribution in [0.2, 0.25) is 0 Å². The van der Waals surface area contributed by atoms with Crippen molar-refractivity contribution in [1.29, 1.82) is 0 Å². The number of hydrogen-bond donors (Lipinski definition) is 1. The largest absolute Gasteiger partial charge is 0.322 e. The third-order valence-electron chi connectivity index (χ3n) is 5.68. The minimum absolute atomic E-state index is 0.0504. The molecule has 0 saturated heterocycles. The number of rotatable bonds is 5. The van der Waals surface area contributed by atoms with Gasteiger partial charge in [0.2, 0.25) is 0 Å². The first-order valence-electron chi connectivity index (χ1n) is 10.8. The van der Waals surface area contributed by atoms with E-state index in [1.54, 1.807) is 12.1 Å². The average molecular weight is 436 g/mol. The van der Waals surface area contributed by atoms with Crippen LogP contribution in [0.25, 0.3) is 0 Å². The van der Waals surface area contributed by atoms with Crippen molar-refractivity contribution < 1.29 is 9.18 Å².